The molecule has 3 unspecified atom stereocenters. The van der Waals surface area contributed by atoms with Crippen molar-refractivity contribution in [2.24, 2.45) is 0 Å². The topological polar surface area (TPSA) is 51.2 Å². The van der Waals surface area contributed by atoms with Crippen molar-refractivity contribution in [2.45, 2.75) is 31.2 Å². The average Bonchev–Trinajstić information content (AvgIpc) is 2.85. The highest BCUT2D eigenvalue weighted by Gasteiger charge is 2.34. The maximum absolute atomic E-state index is 10.5. The third kappa shape index (κ3) is 3.15. The Balaban J connectivity index is 1.68. The summed E-state index contributed by atoms with van der Waals surface area (Å²) in [5.74, 6) is 1.39. The van der Waals surface area contributed by atoms with E-state index in [0.29, 0.717) is 24.5 Å². The Morgan fingerprint density at radius 2 is 1.95 bits per heavy atom. The molecule has 2 heterocycles. The summed E-state index contributed by atoms with van der Waals surface area (Å²) in [4.78, 5) is 2.29. The average molecular weight is 293 g/mol. The highest BCUT2D eigenvalue weighted by atomic mass is 16.5. The van der Waals surface area contributed by atoms with Crippen molar-refractivity contribution in [1.82, 2.24) is 4.90 Å². The summed E-state index contributed by atoms with van der Waals surface area (Å²) in [6.07, 6.45) is 2.40. The molecule has 2 saturated heterocycles. The molecule has 2 aliphatic heterocycles. The van der Waals surface area contributed by atoms with Crippen molar-refractivity contribution in [3.8, 4) is 11.5 Å². The fraction of sp³-hybridized carbons (Fsp3) is 0.625. The van der Waals surface area contributed by atoms with Crippen LogP contribution in [0.3, 0.4) is 0 Å². The van der Waals surface area contributed by atoms with E-state index in [4.69, 9.17) is 14.2 Å². The Kier molecular flexibility index (Phi) is 4.33. The molecule has 1 aromatic carbocycles. The van der Waals surface area contributed by atoms with E-state index in [1.54, 1.807) is 14.2 Å². The Morgan fingerprint density at radius 3 is 2.57 bits per heavy atom. The van der Waals surface area contributed by atoms with Gasteiger partial charge in [-0.05, 0) is 25.0 Å². The monoisotopic (exact) mass is 293 g/mol. The van der Waals surface area contributed by atoms with Gasteiger partial charge in [-0.3, -0.25) is 4.90 Å². The first-order chi connectivity index (χ1) is 10.2. The molecule has 21 heavy (non-hydrogen) atoms. The molecule has 3 rings (SSSR count). The van der Waals surface area contributed by atoms with Gasteiger partial charge in [-0.25, -0.2) is 0 Å². The van der Waals surface area contributed by atoms with E-state index in [9.17, 15) is 5.11 Å². The van der Waals surface area contributed by atoms with Crippen molar-refractivity contribution in [3.05, 3.63) is 23.8 Å². The van der Waals surface area contributed by atoms with Gasteiger partial charge in [0.1, 0.15) is 11.5 Å². The first kappa shape index (κ1) is 14.6. The zero-order valence-electron chi connectivity index (χ0n) is 12.6. The van der Waals surface area contributed by atoms with Gasteiger partial charge in [-0.1, -0.05) is 0 Å². The lowest BCUT2D eigenvalue weighted by molar-refractivity contribution is -0.0498. The van der Waals surface area contributed by atoms with Gasteiger partial charge in [-0.2, -0.15) is 0 Å². The highest BCUT2D eigenvalue weighted by molar-refractivity contribution is 5.42. The van der Waals surface area contributed by atoms with Gasteiger partial charge >= 0.3 is 0 Å². The summed E-state index contributed by atoms with van der Waals surface area (Å²) >= 11 is 0. The molecular weight excluding hydrogens is 270 g/mol. The zero-order valence-corrected chi connectivity index (χ0v) is 12.6. The lowest BCUT2D eigenvalue weighted by Gasteiger charge is -2.33. The van der Waals surface area contributed by atoms with E-state index >= 15 is 0 Å². The number of β-amino-alcohol motifs (C(OH)–C–C–N with tert-alkyl or cyclic N) is 1. The Hall–Kier alpha value is -1.30. The summed E-state index contributed by atoms with van der Waals surface area (Å²) in [6.45, 7) is 2.43. The molecule has 0 spiro atoms. The molecule has 2 aliphatic rings. The number of ether oxygens (including phenoxy) is 3. The Morgan fingerprint density at radius 1 is 1.24 bits per heavy atom. The van der Waals surface area contributed by atoms with E-state index in [0.717, 1.165) is 37.2 Å². The second kappa shape index (κ2) is 6.22. The third-order valence-electron chi connectivity index (χ3n) is 4.35. The van der Waals surface area contributed by atoms with Crippen LogP contribution in [0, 0.1) is 0 Å². The number of hydrogen-bond donors (Lipinski definition) is 1. The largest absolute Gasteiger partial charge is 0.497 e. The fourth-order valence-electron chi connectivity index (χ4n) is 3.28. The number of aliphatic hydroxyl groups excluding tert-OH is 1. The molecule has 2 fully saturated rings. The number of fused-ring (bicyclic) bond motifs is 2. The lowest BCUT2D eigenvalue weighted by atomic mass is 10.1. The Bertz CT molecular complexity index is 481. The molecule has 1 aromatic rings. The van der Waals surface area contributed by atoms with Crippen molar-refractivity contribution in [1.29, 1.82) is 0 Å². The predicted molar refractivity (Wildman–Crippen MR) is 78.8 cm³/mol. The third-order valence-corrected chi connectivity index (χ3v) is 4.35. The molecule has 0 amide bonds. The molecule has 0 aliphatic carbocycles. The van der Waals surface area contributed by atoms with Gasteiger partial charge < -0.3 is 19.3 Å². The molecule has 2 bridgehead atoms. The number of likely N-dealkylation sites (tertiary alicyclic amines) is 1. The first-order valence-electron chi connectivity index (χ1n) is 7.47. The van der Waals surface area contributed by atoms with E-state index in [1.807, 2.05) is 18.2 Å². The van der Waals surface area contributed by atoms with Gasteiger partial charge in [-0.15, -0.1) is 0 Å². The number of rotatable bonds is 5. The van der Waals surface area contributed by atoms with Crippen LogP contribution in [0.25, 0.3) is 0 Å². The van der Waals surface area contributed by atoms with Gasteiger partial charge in [0.05, 0.1) is 32.5 Å². The SMILES string of the molecule is COc1ccc(C(O)CN2CC3CCC(C2)O3)c(OC)c1. The lowest BCUT2D eigenvalue weighted by Crippen LogP contribution is -2.44. The number of hydrogen-bond acceptors (Lipinski definition) is 5. The smallest absolute Gasteiger partial charge is 0.128 e. The van der Waals surface area contributed by atoms with Gasteiger partial charge in [0.25, 0.3) is 0 Å². The van der Waals surface area contributed by atoms with Crippen LogP contribution in [0.5, 0.6) is 11.5 Å². The summed E-state index contributed by atoms with van der Waals surface area (Å²) < 4.78 is 16.4. The summed E-state index contributed by atoms with van der Waals surface area (Å²) in [5, 5.41) is 10.5. The normalized spacial score (nSPS) is 26.6. The van der Waals surface area contributed by atoms with Crippen LogP contribution in [0.2, 0.25) is 0 Å². The minimum Gasteiger partial charge on any atom is -0.497 e. The second-order valence-corrected chi connectivity index (χ2v) is 5.80. The Labute approximate surface area is 125 Å². The maximum atomic E-state index is 10.5. The minimum atomic E-state index is -0.566. The summed E-state index contributed by atoms with van der Waals surface area (Å²) in [5.41, 5.74) is 0.803. The van der Waals surface area contributed by atoms with E-state index in [2.05, 4.69) is 4.90 Å². The fourth-order valence-corrected chi connectivity index (χ4v) is 3.28. The maximum Gasteiger partial charge on any atom is 0.128 e. The van der Waals surface area contributed by atoms with E-state index < -0.39 is 6.10 Å². The molecule has 0 aromatic heterocycles. The molecule has 0 saturated carbocycles. The summed E-state index contributed by atoms with van der Waals surface area (Å²) in [7, 11) is 3.23. The van der Waals surface area contributed by atoms with Crippen molar-refractivity contribution < 1.29 is 19.3 Å². The first-order valence-corrected chi connectivity index (χ1v) is 7.47. The van der Waals surface area contributed by atoms with Crippen molar-refractivity contribution in [2.75, 3.05) is 33.9 Å². The van der Waals surface area contributed by atoms with Crippen LogP contribution in [-0.2, 0) is 4.74 Å². The number of methoxy groups -OCH3 is 2. The second-order valence-electron chi connectivity index (χ2n) is 5.80. The molecule has 0 radical (unpaired) electrons. The van der Waals surface area contributed by atoms with E-state index in [1.165, 1.54) is 0 Å². The molecule has 5 nitrogen and oxygen atoms in total. The van der Waals surface area contributed by atoms with Crippen LogP contribution < -0.4 is 9.47 Å². The van der Waals surface area contributed by atoms with Gasteiger partial charge in [0.15, 0.2) is 0 Å². The van der Waals surface area contributed by atoms with Crippen LogP contribution in [-0.4, -0.2) is 56.1 Å². The molecule has 116 valence electrons. The highest BCUT2D eigenvalue weighted by Crippen LogP contribution is 2.32. The zero-order chi connectivity index (χ0) is 14.8. The molecule has 1 N–H and O–H groups in total. The van der Waals surface area contributed by atoms with Crippen LogP contribution in [0.4, 0.5) is 0 Å². The molecule has 3 atom stereocenters. The summed E-state index contributed by atoms with van der Waals surface area (Å²) in [6, 6.07) is 5.53. The number of nitrogens with zero attached hydrogens (tertiary/aromatic N) is 1. The van der Waals surface area contributed by atoms with Crippen LogP contribution in [0.15, 0.2) is 18.2 Å². The van der Waals surface area contributed by atoms with E-state index in [-0.39, 0.29) is 0 Å². The number of aliphatic hydroxyl groups is 1. The minimum absolute atomic E-state index is 0.341. The van der Waals surface area contributed by atoms with Crippen molar-refractivity contribution >= 4 is 0 Å². The number of morpholine rings is 1. The predicted octanol–water partition coefficient (Wildman–Crippen LogP) is 1.60. The quantitative estimate of drug-likeness (QED) is 0.893. The van der Waals surface area contributed by atoms with Crippen molar-refractivity contribution in [3.63, 3.8) is 0 Å². The standard InChI is InChI=1S/C16H23NO4/c1-19-11-5-6-14(16(7-11)20-2)15(18)10-17-8-12-3-4-13(9-17)21-12/h5-7,12-13,15,18H,3-4,8-10H2,1-2H3. The van der Waals surface area contributed by atoms with Gasteiger partial charge in [0, 0.05) is 31.3 Å². The molecular formula is C16H23NO4. The molecule has 5 heteroatoms. The van der Waals surface area contributed by atoms with Crippen LogP contribution >= 0.6 is 0 Å². The number of benzene rings is 1. The van der Waals surface area contributed by atoms with Crippen LogP contribution in [0.1, 0.15) is 24.5 Å². The van der Waals surface area contributed by atoms with Gasteiger partial charge in [0.2, 0.25) is 0 Å².